The maximum Gasteiger partial charge on any atom is 0.133 e. The van der Waals surface area contributed by atoms with E-state index >= 15 is 0 Å². The number of nitrogens with two attached hydrogens (primary N) is 1. The number of hydrogen-bond acceptors (Lipinski definition) is 2. The topological polar surface area (TPSA) is 35.2 Å². The Balaban J connectivity index is 1.98. The number of rotatable bonds is 1. The van der Waals surface area contributed by atoms with Crippen LogP contribution >= 0.6 is 15.9 Å². The molecule has 1 aliphatic rings. The lowest BCUT2D eigenvalue weighted by molar-refractivity contribution is 0.157. The van der Waals surface area contributed by atoms with Gasteiger partial charge < -0.3 is 10.5 Å². The van der Waals surface area contributed by atoms with Crippen LogP contribution in [-0.2, 0) is 0 Å². The van der Waals surface area contributed by atoms with Crippen LogP contribution in [0.3, 0.4) is 0 Å². The fourth-order valence-electron chi connectivity index (χ4n) is 2.43. The second-order valence-corrected chi connectivity index (χ2v) is 5.71. The summed E-state index contributed by atoms with van der Waals surface area (Å²) in [5, 5.41) is 0. The molecular formula is C15H12BrF2NO. The molecule has 0 fully saturated rings. The minimum Gasteiger partial charge on any atom is -0.485 e. The van der Waals surface area contributed by atoms with Crippen LogP contribution < -0.4 is 10.5 Å². The summed E-state index contributed by atoms with van der Waals surface area (Å²) in [6, 6.07) is 8.85. The number of halogens is 3. The lowest BCUT2D eigenvalue weighted by atomic mass is 9.93. The monoisotopic (exact) mass is 339 g/mol. The van der Waals surface area contributed by atoms with E-state index in [1.807, 2.05) is 18.2 Å². The summed E-state index contributed by atoms with van der Waals surface area (Å²) < 4.78 is 33.5. The van der Waals surface area contributed by atoms with Gasteiger partial charge in [-0.15, -0.1) is 0 Å². The van der Waals surface area contributed by atoms with Crippen molar-refractivity contribution in [3.63, 3.8) is 0 Å². The van der Waals surface area contributed by atoms with E-state index in [0.29, 0.717) is 17.7 Å². The van der Waals surface area contributed by atoms with Crippen LogP contribution in [0.2, 0.25) is 0 Å². The SMILES string of the molecule is N[C@H]1CC(c2ccc(F)cc2F)Oc2cc(Br)ccc21. The summed E-state index contributed by atoms with van der Waals surface area (Å²) in [5.74, 6) is -0.581. The molecule has 104 valence electrons. The maximum absolute atomic E-state index is 13.8. The van der Waals surface area contributed by atoms with Gasteiger partial charge in [-0.2, -0.15) is 0 Å². The summed E-state index contributed by atoms with van der Waals surface area (Å²) in [4.78, 5) is 0. The number of ether oxygens (including phenoxy) is 1. The molecule has 0 aromatic heterocycles. The molecule has 3 rings (SSSR count). The minimum absolute atomic E-state index is 0.235. The van der Waals surface area contributed by atoms with E-state index in [2.05, 4.69) is 15.9 Å². The Morgan fingerprint density at radius 1 is 1.10 bits per heavy atom. The second-order valence-electron chi connectivity index (χ2n) is 4.80. The van der Waals surface area contributed by atoms with E-state index in [1.165, 1.54) is 12.1 Å². The first kappa shape index (κ1) is 13.5. The van der Waals surface area contributed by atoms with Crippen LogP contribution in [0.25, 0.3) is 0 Å². The largest absolute Gasteiger partial charge is 0.485 e. The normalized spacial score (nSPS) is 21.2. The summed E-state index contributed by atoms with van der Waals surface area (Å²) in [6.45, 7) is 0. The highest BCUT2D eigenvalue weighted by atomic mass is 79.9. The molecule has 2 nitrogen and oxygen atoms in total. The molecule has 0 bridgehead atoms. The van der Waals surface area contributed by atoms with Crippen molar-refractivity contribution in [3.05, 3.63) is 63.6 Å². The minimum atomic E-state index is -0.611. The van der Waals surface area contributed by atoms with Gasteiger partial charge in [0, 0.05) is 34.1 Å². The molecule has 2 N–H and O–H groups in total. The first-order valence-electron chi connectivity index (χ1n) is 6.21. The average molecular weight is 340 g/mol. The molecule has 0 radical (unpaired) electrons. The second kappa shape index (κ2) is 5.14. The van der Waals surface area contributed by atoms with E-state index in [4.69, 9.17) is 10.5 Å². The molecule has 1 unspecified atom stereocenters. The van der Waals surface area contributed by atoms with E-state index < -0.39 is 17.7 Å². The lowest BCUT2D eigenvalue weighted by Gasteiger charge is -2.30. The standard InChI is InChI=1S/C15H12BrF2NO/c16-8-1-3-11-13(19)7-15(20-14(11)5-8)10-4-2-9(17)6-12(10)18/h1-6,13,15H,7,19H2/t13-,15?/m0/s1. The molecule has 2 atom stereocenters. The zero-order chi connectivity index (χ0) is 14.3. The van der Waals surface area contributed by atoms with Crippen LogP contribution in [0, 0.1) is 11.6 Å². The van der Waals surface area contributed by atoms with Crippen molar-refractivity contribution in [1.82, 2.24) is 0 Å². The highest BCUT2D eigenvalue weighted by Gasteiger charge is 2.29. The first-order chi connectivity index (χ1) is 9.54. The van der Waals surface area contributed by atoms with Crippen molar-refractivity contribution in [2.45, 2.75) is 18.6 Å². The van der Waals surface area contributed by atoms with E-state index in [1.54, 1.807) is 0 Å². The number of benzene rings is 2. The first-order valence-corrected chi connectivity index (χ1v) is 7.00. The van der Waals surface area contributed by atoms with Crippen molar-refractivity contribution in [2.75, 3.05) is 0 Å². The Morgan fingerprint density at radius 3 is 2.60 bits per heavy atom. The van der Waals surface area contributed by atoms with Crippen LogP contribution in [0.15, 0.2) is 40.9 Å². The zero-order valence-corrected chi connectivity index (χ0v) is 12.0. The van der Waals surface area contributed by atoms with E-state index in [-0.39, 0.29) is 6.04 Å². The predicted molar refractivity (Wildman–Crippen MR) is 75.4 cm³/mol. The molecule has 1 aliphatic heterocycles. The van der Waals surface area contributed by atoms with Crippen molar-refractivity contribution < 1.29 is 13.5 Å². The summed E-state index contributed by atoms with van der Waals surface area (Å²) in [5.41, 5.74) is 7.33. The number of hydrogen-bond donors (Lipinski definition) is 1. The average Bonchev–Trinajstić information content (AvgIpc) is 2.37. The quantitative estimate of drug-likeness (QED) is 0.842. The van der Waals surface area contributed by atoms with Crippen LogP contribution in [0.4, 0.5) is 8.78 Å². The Bertz CT molecular complexity index is 662. The lowest BCUT2D eigenvalue weighted by Crippen LogP contribution is -2.24. The smallest absolute Gasteiger partial charge is 0.133 e. The third-order valence-electron chi connectivity index (χ3n) is 3.42. The third-order valence-corrected chi connectivity index (χ3v) is 3.91. The van der Waals surface area contributed by atoms with E-state index in [0.717, 1.165) is 16.1 Å². The molecule has 2 aromatic rings. The van der Waals surface area contributed by atoms with Crippen LogP contribution in [-0.4, -0.2) is 0 Å². The molecule has 0 aliphatic carbocycles. The van der Waals surface area contributed by atoms with Gasteiger partial charge in [0.1, 0.15) is 23.5 Å². The van der Waals surface area contributed by atoms with Gasteiger partial charge in [-0.3, -0.25) is 0 Å². The molecule has 0 saturated heterocycles. The van der Waals surface area contributed by atoms with Gasteiger partial charge in [0.25, 0.3) is 0 Å². The molecular weight excluding hydrogens is 328 g/mol. The van der Waals surface area contributed by atoms with Gasteiger partial charge in [-0.1, -0.05) is 22.0 Å². The molecule has 5 heteroatoms. The molecule has 0 saturated carbocycles. The maximum atomic E-state index is 13.8. The summed E-state index contributed by atoms with van der Waals surface area (Å²) >= 11 is 3.37. The third kappa shape index (κ3) is 2.43. The fraction of sp³-hybridized carbons (Fsp3) is 0.200. The highest BCUT2D eigenvalue weighted by molar-refractivity contribution is 9.10. The van der Waals surface area contributed by atoms with Gasteiger partial charge in [-0.25, -0.2) is 8.78 Å². The fourth-order valence-corrected chi connectivity index (χ4v) is 2.77. The Hall–Kier alpha value is -1.46. The molecule has 1 heterocycles. The molecule has 0 amide bonds. The van der Waals surface area contributed by atoms with Crippen molar-refractivity contribution >= 4 is 15.9 Å². The Labute approximate surface area is 123 Å². The van der Waals surface area contributed by atoms with Crippen LogP contribution in [0.1, 0.15) is 29.7 Å². The van der Waals surface area contributed by atoms with Gasteiger partial charge in [0.15, 0.2) is 0 Å². The van der Waals surface area contributed by atoms with Crippen LogP contribution in [0.5, 0.6) is 5.75 Å². The molecule has 2 aromatic carbocycles. The van der Waals surface area contributed by atoms with Gasteiger partial charge in [0.2, 0.25) is 0 Å². The van der Waals surface area contributed by atoms with Crippen molar-refractivity contribution in [2.24, 2.45) is 5.73 Å². The summed E-state index contributed by atoms with van der Waals surface area (Å²) in [7, 11) is 0. The van der Waals surface area contributed by atoms with E-state index in [9.17, 15) is 8.78 Å². The Morgan fingerprint density at radius 2 is 1.85 bits per heavy atom. The van der Waals surface area contributed by atoms with Gasteiger partial charge in [0.05, 0.1) is 0 Å². The van der Waals surface area contributed by atoms with Gasteiger partial charge >= 0.3 is 0 Å². The number of fused-ring (bicyclic) bond motifs is 1. The molecule has 20 heavy (non-hydrogen) atoms. The molecule has 0 spiro atoms. The predicted octanol–water partition coefficient (Wildman–Crippen LogP) is 4.25. The highest BCUT2D eigenvalue weighted by Crippen LogP contribution is 2.41. The Kier molecular flexibility index (Phi) is 3.48. The van der Waals surface area contributed by atoms with Crippen molar-refractivity contribution in [1.29, 1.82) is 0 Å². The zero-order valence-electron chi connectivity index (χ0n) is 10.4. The summed E-state index contributed by atoms with van der Waals surface area (Å²) in [6.07, 6.45) is -0.0515. The van der Waals surface area contributed by atoms with Gasteiger partial charge in [-0.05, 0) is 24.3 Å². The van der Waals surface area contributed by atoms with Crippen molar-refractivity contribution in [3.8, 4) is 5.75 Å².